The zero-order valence-electron chi connectivity index (χ0n) is 13.1. The number of halogens is 2. The summed E-state index contributed by atoms with van der Waals surface area (Å²) in [5.41, 5.74) is 1.09. The summed E-state index contributed by atoms with van der Waals surface area (Å²) in [5, 5.41) is 0. The van der Waals surface area contributed by atoms with Crippen LogP contribution in [0.25, 0.3) is 0 Å². The number of carbonyl (C=O) groups excluding carboxylic acids is 1. The average Bonchev–Trinajstić information content (AvgIpc) is 2.42. The second-order valence-electron chi connectivity index (χ2n) is 7.29. The quantitative estimate of drug-likeness (QED) is 0.695. The van der Waals surface area contributed by atoms with Crippen molar-refractivity contribution in [3.63, 3.8) is 0 Å². The van der Waals surface area contributed by atoms with Gasteiger partial charge >= 0.3 is 0 Å². The summed E-state index contributed by atoms with van der Waals surface area (Å²) in [6.07, 6.45) is 4.55. The van der Waals surface area contributed by atoms with Crippen molar-refractivity contribution >= 4 is 21.7 Å². The van der Waals surface area contributed by atoms with Gasteiger partial charge in [0.05, 0.1) is 0 Å². The summed E-state index contributed by atoms with van der Waals surface area (Å²) in [7, 11) is 0. The van der Waals surface area contributed by atoms with E-state index in [0.29, 0.717) is 17.8 Å². The molecule has 0 aliphatic heterocycles. The van der Waals surface area contributed by atoms with E-state index in [1.807, 2.05) is 0 Å². The van der Waals surface area contributed by atoms with Crippen LogP contribution in [0.4, 0.5) is 4.39 Å². The molecule has 0 aromatic heterocycles. The summed E-state index contributed by atoms with van der Waals surface area (Å²) < 4.78 is 14.1. The highest BCUT2D eigenvalue weighted by atomic mass is 79.9. The van der Waals surface area contributed by atoms with Gasteiger partial charge < -0.3 is 0 Å². The molecule has 0 radical (unpaired) electrons. The van der Waals surface area contributed by atoms with E-state index in [1.165, 1.54) is 12.1 Å². The van der Waals surface area contributed by atoms with E-state index in [0.717, 1.165) is 35.7 Å². The third kappa shape index (κ3) is 4.38. The van der Waals surface area contributed by atoms with E-state index in [4.69, 9.17) is 0 Å². The Morgan fingerprint density at radius 1 is 1.24 bits per heavy atom. The minimum Gasteiger partial charge on any atom is -0.299 e. The minimum atomic E-state index is -0.280. The molecule has 0 unspecified atom stereocenters. The second-order valence-corrected chi connectivity index (χ2v) is 8.15. The normalized spacial score (nSPS) is 23.1. The summed E-state index contributed by atoms with van der Waals surface area (Å²) in [5.74, 6) is 0.840. The Morgan fingerprint density at radius 2 is 1.86 bits per heavy atom. The van der Waals surface area contributed by atoms with Crippen LogP contribution in [0.5, 0.6) is 0 Å². The number of ketones is 1. The Morgan fingerprint density at radius 3 is 2.43 bits per heavy atom. The van der Waals surface area contributed by atoms with E-state index in [-0.39, 0.29) is 17.5 Å². The molecule has 0 N–H and O–H groups in total. The van der Waals surface area contributed by atoms with E-state index in [1.54, 1.807) is 6.07 Å². The van der Waals surface area contributed by atoms with Gasteiger partial charge in [0.2, 0.25) is 0 Å². The van der Waals surface area contributed by atoms with E-state index >= 15 is 0 Å². The van der Waals surface area contributed by atoms with Crippen LogP contribution in [0.15, 0.2) is 22.7 Å². The van der Waals surface area contributed by atoms with Gasteiger partial charge in [-0.25, -0.2) is 4.39 Å². The van der Waals surface area contributed by atoms with E-state index in [9.17, 15) is 9.18 Å². The summed E-state index contributed by atoms with van der Waals surface area (Å²) in [6.45, 7) is 6.84. The first-order valence-corrected chi connectivity index (χ1v) is 8.53. The van der Waals surface area contributed by atoms with Crippen molar-refractivity contribution in [3.8, 4) is 0 Å². The topological polar surface area (TPSA) is 17.1 Å². The first kappa shape index (κ1) is 16.7. The van der Waals surface area contributed by atoms with Gasteiger partial charge in [-0.2, -0.15) is 0 Å². The molecule has 1 nitrogen and oxygen atoms in total. The Bertz CT molecular complexity index is 510. The van der Waals surface area contributed by atoms with Gasteiger partial charge in [-0.3, -0.25) is 4.79 Å². The molecule has 1 aromatic rings. The number of Topliss-reactive ketones (excluding diaryl/α,β-unsaturated/α-hetero) is 1. The van der Waals surface area contributed by atoms with Crippen molar-refractivity contribution < 1.29 is 9.18 Å². The minimum absolute atomic E-state index is 0.152. The summed E-state index contributed by atoms with van der Waals surface area (Å²) in [4.78, 5) is 12.4. The maximum atomic E-state index is 13.3. The van der Waals surface area contributed by atoms with Crippen molar-refractivity contribution in [1.29, 1.82) is 0 Å². The van der Waals surface area contributed by atoms with Crippen LogP contribution in [0.2, 0.25) is 0 Å². The Labute approximate surface area is 135 Å². The molecule has 0 saturated heterocycles. The molecule has 0 heterocycles. The van der Waals surface area contributed by atoms with Crippen LogP contribution < -0.4 is 0 Å². The lowest BCUT2D eigenvalue weighted by molar-refractivity contribution is -0.123. The number of hydrogen-bond acceptors (Lipinski definition) is 1. The highest BCUT2D eigenvalue weighted by Gasteiger charge is 2.32. The molecule has 0 amide bonds. The molecule has 0 atom stereocenters. The SMILES string of the molecule is CC(C)(C)C1CCC(C(=O)Cc2cc(F)ccc2Br)CC1. The predicted octanol–water partition coefficient (Wildman–Crippen LogP) is 5.55. The van der Waals surface area contributed by atoms with Gasteiger partial charge in [-0.05, 0) is 60.8 Å². The fourth-order valence-electron chi connectivity index (χ4n) is 3.29. The largest absolute Gasteiger partial charge is 0.299 e. The number of rotatable bonds is 3. The molecule has 1 fully saturated rings. The number of benzene rings is 1. The summed E-state index contributed by atoms with van der Waals surface area (Å²) in [6, 6.07) is 4.55. The van der Waals surface area contributed by atoms with Gasteiger partial charge in [0, 0.05) is 16.8 Å². The second kappa shape index (κ2) is 6.60. The average molecular weight is 355 g/mol. The zero-order chi connectivity index (χ0) is 15.6. The molecule has 1 aliphatic carbocycles. The maximum absolute atomic E-state index is 13.3. The fraction of sp³-hybridized carbons (Fsp3) is 0.611. The Kier molecular flexibility index (Phi) is 5.24. The maximum Gasteiger partial charge on any atom is 0.140 e. The molecule has 3 heteroatoms. The highest BCUT2D eigenvalue weighted by molar-refractivity contribution is 9.10. The third-order valence-corrected chi connectivity index (χ3v) is 5.55. The molecule has 0 bridgehead atoms. The van der Waals surface area contributed by atoms with Gasteiger partial charge in [0.1, 0.15) is 11.6 Å². The molecule has 0 spiro atoms. The van der Waals surface area contributed by atoms with Crippen LogP contribution in [0.1, 0.15) is 52.0 Å². The fourth-order valence-corrected chi connectivity index (χ4v) is 3.68. The van der Waals surface area contributed by atoms with E-state index < -0.39 is 0 Å². The summed E-state index contributed by atoms with van der Waals surface area (Å²) >= 11 is 3.40. The van der Waals surface area contributed by atoms with Crippen LogP contribution >= 0.6 is 15.9 Å². The lowest BCUT2D eigenvalue weighted by atomic mass is 9.69. The van der Waals surface area contributed by atoms with Crippen molar-refractivity contribution in [2.24, 2.45) is 17.3 Å². The highest BCUT2D eigenvalue weighted by Crippen LogP contribution is 2.40. The lowest BCUT2D eigenvalue weighted by Crippen LogP contribution is -2.29. The van der Waals surface area contributed by atoms with Crippen LogP contribution in [-0.2, 0) is 11.2 Å². The number of carbonyl (C=O) groups is 1. The first-order valence-electron chi connectivity index (χ1n) is 7.74. The smallest absolute Gasteiger partial charge is 0.140 e. The molecular formula is C18H24BrFO. The zero-order valence-corrected chi connectivity index (χ0v) is 14.7. The van der Waals surface area contributed by atoms with Crippen LogP contribution in [0, 0.1) is 23.1 Å². The molecule has 2 rings (SSSR count). The molecular weight excluding hydrogens is 331 g/mol. The molecule has 116 valence electrons. The third-order valence-electron chi connectivity index (χ3n) is 4.78. The van der Waals surface area contributed by atoms with Crippen molar-refractivity contribution in [2.75, 3.05) is 0 Å². The van der Waals surface area contributed by atoms with Gasteiger partial charge in [0.25, 0.3) is 0 Å². The van der Waals surface area contributed by atoms with Gasteiger partial charge in [-0.1, -0.05) is 36.7 Å². The van der Waals surface area contributed by atoms with E-state index in [2.05, 4.69) is 36.7 Å². The lowest BCUT2D eigenvalue weighted by Gasteiger charge is -2.36. The van der Waals surface area contributed by atoms with Crippen molar-refractivity contribution in [2.45, 2.75) is 52.9 Å². The molecule has 1 aliphatic rings. The molecule has 21 heavy (non-hydrogen) atoms. The Balaban J connectivity index is 1.95. The van der Waals surface area contributed by atoms with Gasteiger partial charge in [-0.15, -0.1) is 0 Å². The van der Waals surface area contributed by atoms with Crippen LogP contribution in [-0.4, -0.2) is 5.78 Å². The van der Waals surface area contributed by atoms with Crippen LogP contribution in [0.3, 0.4) is 0 Å². The molecule has 1 saturated carbocycles. The molecule has 1 aromatic carbocycles. The monoisotopic (exact) mass is 354 g/mol. The predicted molar refractivity (Wildman–Crippen MR) is 87.7 cm³/mol. The van der Waals surface area contributed by atoms with Gasteiger partial charge in [0.15, 0.2) is 0 Å². The van der Waals surface area contributed by atoms with Crippen molar-refractivity contribution in [3.05, 3.63) is 34.1 Å². The van der Waals surface area contributed by atoms with Crippen molar-refractivity contribution in [1.82, 2.24) is 0 Å². The standard InChI is InChI=1S/C18H24BrFO/c1-18(2,3)14-6-4-12(5-7-14)17(21)11-13-10-15(20)8-9-16(13)19/h8-10,12,14H,4-7,11H2,1-3H3. The number of hydrogen-bond donors (Lipinski definition) is 0. The first-order chi connectivity index (χ1) is 9.77. The Hall–Kier alpha value is -0.700.